The first-order valence-electron chi connectivity index (χ1n) is 11.9. The molecule has 11 nitrogen and oxygen atoms in total. The van der Waals surface area contributed by atoms with Gasteiger partial charge in [-0.3, -0.25) is 9.69 Å². The number of likely N-dealkylation sites (tertiary alicyclic amines) is 1. The molecule has 0 unspecified atom stereocenters. The highest BCUT2D eigenvalue weighted by Gasteiger charge is 2.21. The van der Waals surface area contributed by atoms with Crippen molar-refractivity contribution in [3.63, 3.8) is 0 Å². The van der Waals surface area contributed by atoms with Crippen molar-refractivity contribution in [2.45, 2.75) is 51.6 Å². The summed E-state index contributed by atoms with van der Waals surface area (Å²) in [6.45, 7) is 5.67. The number of carbonyl (C=O) groups is 1. The molecular weight excluding hydrogens is 450 g/mol. The van der Waals surface area contributed by atoms with Gasteiger partial charge in [0, 0.05) is 24.6 Å². The zero-order valence-electron chi connectivity index (χ0n) is 20.3. The highest BCUT2D eigenvalue weighted by Crippen LogP contribution is 2.29. The van der Waals surface area contributed by atoms with E-state index < -0.39 is 0 Å². The van der Waals surface area contributed by atoms with E-state index in [0.717, 1.165) is 61.5 Å². The second-order valence-corrected chi connectivity index (χ2v) is 8.75. The number of benzene rings is 1. The van der Waals surface area contributed by atoms with Gasteiger partial charge in [-0.15, -0.1) is 5.10 Å². The molecule has 1 fully saturated rings. The minimum absolute atomic E-state index is 0.116. The van der Waals surface area contributed by atoms with Crippen molar-refractivity contribution in [2.75, 3.05) is 32.5 Å². The number of rotatable bonds is 11. The van der Waals surface area contributed by atoms with E-state index in [9.17, 15) is 4.79 Å². The average Bonchev–Trinajstić information content (AvgIpc) is 3.19. The van der Waals surface area contributed by atoms with Crippen LogP contribution in [0.25, 0.3) is 11.0 Å². The van der Waals surface area contributed by atoms with Gasteiger partial charge in [0.15, 0.2) is 11.3 Å². The SMILES string of the molecule is CCCCOc1nc(N)c2c(n1)c(Cc1ccc(CN3CCC(N)CC3)cc1OC)nn2OC=O. The topological polar surface area (TPSA) is 144 Å². The first-order valence-corrected chi connectivity index (χ1v) is 11.9. The Morgan fingerprint density at radius 1 is 1.23 bits per heavy atom. The van der Waals surface area contributed by atoms with Crippen LogP contribution >= 0.6 is 0 Å². The summed E-state index contributed by atoms with van der Waals surface area (Å²) in [7, 11) is 1.65. The first-order chi connectivity index (χ1) is 17.0. The highest BCUT2D eigenvalue weighted by atomic mass is 16.7. The zero-order chi connectivity index (χ0) is 24.8. The number of methoxy groups -OCH3 is 1. The second kappa shape index (κ2) is 11.3. The molecule has 11 heteroatoms. The van der Waals surface area contributed by atoms with Crippen molar-refractivity contribution < 1.29 is 19.1 Å². The number of unbranched alkanes of at least 4 members (excludes halogenated alkanes) is 1. The van der Waals surface area contributed by atoms with Gasteiger partial charge >= 0.3 is 12.5 Å². The van der Waals surface area contributed by atoms with E-state index in [4.69, 9.17) is 25.8 Å². The van der Waals surface area contributed by atoms with Crippen LogP contribution < -0.4 is 25.8 Å². The lowest BCUT2D eigenvalue weighted by Crippen LogP contribution is -2.39. The number of hydrogen-bond donors (Lipinski definition) is 2. The molecular formula is C24H33N7O4. The molecule has 1 saturated heterocycles. The normalized spacial score (nSPS) is 14.8. The maximum atomic E-state index is 11.0. The van der Waals surface area contributed by atoms with E-state index in [1.165, 1.54) is 5.56 Å². The Morgan fingerprint density at radius 3 is 2.74 bits per heavy atom. The number of piperidine rings is 1. The predicted octanol–water partition coefficient (Wildman–Crippen LogP) is 1.69. The quantitative estimate of drug-likeness (QED) is 0.305. The summed E-state index contributed by atoms with van der Waals surface area (Å²) in [4.78, 5) is 28.2. The fraction of sp³-hybridized carbons (Fsp3) is 0.500. The molecule has 3 aromatic rings. The zero-order valence-corrected chi connectivity index (χ0v) is 20.3. The van der Waals surface area contributed by atoms with Gasteiger partial charge in [-0.1, -0.05) is 30.3 Å². The molecule has 1 aliphatic heterocycles. The number of fused-ring (bicyclic) bond motifs is 1. The fourth-order valence-corrected chi connectivity index (χ4v) is 4.24. The molecule has 0 spiro atoms. The minimum Gasteiger partial charge on any atom is -0.496 e. The van der Waals surface area contributed by atoms with Crippen LogP contribution in [0.3, 0.4) is 0 Å². The van der Waals surface area contributed by atoms with Crippen molar-refractivity contribution in [3.05, 3.63) is 35.0 Å². The largest absolute Gasteiger partial charge is 0.496 e. The Hall–Kier alpha value is -3.44. The van der Waals surface area contributed by atoms with Crippen molar-refractivity contribution in [3.8, 4) is 11.8 Å². The van der Waals surface area contributed by atoms with Gasteiger partial charge in [-0.2, -0.15) is 9.97 Å². The highest BCUT2D eigenvalue weighted by molar-refractivity contribution is 5.87. The summed E-state index contributed by atoms with van der Waals surface area (Å²) in [5.41, 5.74) is 15.6. The van der Waals surface area contributed by atoms with Gasteiger partial charge in [0.25, 0.3) is 0 Å². The van der Waals surface area contributed by atoms with Crippen LogP contribution in [0.15, 0.2) is 18.2 Å². The van der Waals surface area contributed by atoms with Crippen molar-refractivity contribution >= 4 is 23.3 Å². The number of hydrogen-bond acceptors (Lipinski definition) is 10. The molecule has 35 heavy (non-hydrogen) atoms. The molecule has 0 bridgehead atoms. The molecule has 0 atom stereocenters. The Bertz CT molecular complexity index is 1160. The standard InChI is InChI=1S/C24H33N7O4/c1-3-4-11-34-24-27-21-19(29-31(35-15-32)22(21)23(26)28-24)13-17-6-5-16(12-20(17)33-2)14-30-9-7-18(25)8-10-30/h5-6,12,15,18H,3-4,7-11,13-14,25H2,1-2H3,(H2,26,27,28). The molecule has 0 amide bonds. The van der Waals surface area contributed by atoms with Crippen LogP contribution in [0, 0.1) is 0 Å². The molecule has 0 radical (unpaired) electrons. The Kier molecular flexibility index (Phi) is 7.98. The van der Waals surface area contributed by atoms with Gasteiger partial charge in [-0.05, 0) is 44.0 Å². The Balaban J connectivity index is 1.61. The van der Waals surface area contributed by atoms with Crippen molar-refractivity contribution in [2.24, 2.45) is 5.73 Å². The van der Waals surface area contributed by atoms with E-state index >= 15 is 0 Å². The fourth-order valence-electron chi connectivity index (χ4n) is 4.24. The van der Waals surface area contributed by atoms with E-state index in [1.807, 2.05) is 12.1 Å². The lowest BCUT2D eigenvalue weighted by Gasteiger charge is -2.30. The number of nitrogens with zero attached hydrogens (tertiary/aromatic N) is 5. The number of nitrogen functional groups attached to an aromatic ring is 1. The van der Waals surface area contributed by atoms with E-state index in [0.29, 0.717) is 35.8 Å². The van der Waals surface area contributed by atoms with Gasteiger partial charge in [-0.25, -0.2) is 0 Å². The molecule has 0 aliphatic carbocycles. The molecule has 188 valence electrons. The molecule has 1 aromatic carbocycles. The van der Waals surface area contributed by atoms with Gasteiger partial charge in [0.05, 0.1) is 19.4 Å². The molecule has 1 aliphatic rings. The number of carbonyl (C=O) groups excluding carboxylic acids is 1. The van der Waals surface area contributed by atoms with Crippen LogP contribution in [0.1, 0.15) is 49.4 Å². The maximum absolute atomic E-state index is 11.0. The van der Waals surface area contributed by atoms with Crippen LogP contribution in [0.4, 0.5) is 5.82 Å². The number of ether oxygens (including phenoxy) is 2. The monoisotopic (exact) mass is 483 g/mol. The van der Waals surface area contributed by atoms with Crippen molar-refractivity contribution in [1.82, 2.24) is 24.8 Å². The lowest BCUT2D eigenvalue weighted by atomic mass is 10.0. The van der Waals surface area contributed by atoms with E-state index in [2.05, 4.69) is 33.0 Å². The van der Waals surface area contributed by atoms with E-state index in [-0.39, 0.29) is 18.3 Å². The third-order valence-corrected chi connectivity index (χ3v) is 6.19. The lowest BCUT2D eigenvalue weighted by molar-refractivity contribution is -0.130. The predicted molar refractivity (Wildman–Crippen MR) is 131 cm³/mol. The third kappa shape index (κ3) is 5.80. The molecule has 2 aromatic heterocycles. The smallest absolute Gasteiger partial charge is 0.323 e. The average molecular weight is 484 g/mol. The number of anilines is 1. The van der Waals surface area contributed by atoms with Crippen LogP contribution in [-0.4, -0.2) is 64.1 Å². The van der Waals surface area contributed by atoms with E-state index in [1.54, 1.807) is 7.11 Å². The number of nitrogens with two attached hydrogens (primary N) is 2. The summed E-state index contributed by atoms with van der Waals surface area (Å²) in [5, 5.41) is 4.42. The number of aromatic nitrogens is 4. The van der Waals surface area contributed by atoms with Crippen LogP contribution in [0.2, 0.25) is 0 Å². The second-order valence-electron chi connectivity index (χ2n) is 8.75. The summed E-state index contributed by atoms with van der Waals surface area (Å²) >= 11 is 0. The Labute approximate surface area is 204 Å². The Morgan fingerprint density at radius 2 is 2.03 bits per heavy atom. The molecule has 4 rings (SSSR count). The minimum atomic E-state index is 0.116. The van der Waals surface area contributed by atoms with Gasteiger partial charge in [0.1, 0.15) is 11.3 Å². The first kappa shape index (κ1) is 24.7. The van der Waals surface area contributed by atoms with Gasteiger partial charge < -0.3 is 25.8 Å². The van der Waals surface area contributed by atoms with Crippen LogP contribution in [0.5, 0.6) is 11.8 Å². The summed E-state index contributed by atoms with van der Waals surface area (Å²) in [5.74, 6) is 0.863. The summed E-state index contributed by atoms with van der Waals surface area (Å²) < 4.78 is 11.4. The molecule has 0 saturated carbocycles. The molecule has 4 N–H and O–H groups in total. The third-order valence-electron chi connectivity index (χ3n) is 6.19. The summed E-state index contributed by atoms with van der Waals surface area (Å²) in [6.07, 6.45) is 4.27. The van der Waals surface area contributed by atoms with Gasteiger partial charge in [0.2, 0.25) is 0 Å². The summed E-state index contributed by atoms with van der Waals surface area (Å²) in [6, 6.07) is 6.64. The molecule has 3 heterocycles. The van der Waals surface area contributed by atoms with Crippen LogP contribution in [-0.2, 0) is 17.8 Å². The van der Waals surface area contributed by atoms with Crippen molar-refractivity contribution in [1.29, 1.82) is 0 Å². The maximum Gasteiger partial charge on any atom is 0.323 e.